The minimum atomic E-state index is -0.449. The van der Waals surface area contributed by atoms with Crippen LogP contribution >= 0.6 is 0 Å². The van der Waals surface area contributed by atoms with E-state index in [2.05, 4.69) is 37.4 Å². The van der Waals surface area contributed by atoms with Gasteiger partial charge in [-0.3, -0.25) is 9.59 Å². The van der Waals surface area contributed by atoms with E-state index in [9.17, 15) is 9.59 Å². The Balaban J connectivity index is 1.45. The quantitative estimate of drug-likeness (QED) is 0.701. The van der Waals surface area contributed by atoms with Crippen LogP contribution in [0.1, 0.15) is 42.5 Å². The van der Waals surface area contributed by atoms with E-state index in [1.165, 1.54) is 12.7 Å². The maximum atomic E-state index is 12.9. The van der Waals surface area contributed by atoms with Crippen LogP contribution < -0.4 is 21.1 Å². The Morgan fingerprint density at radius 3 is 2.47 bits per heavy atom. The number of piperazine rings is 1. The third-order valence-electron chi connectivity index (χ3n) is 6.02. The first kappa shape index (κ1) is 20.4. The van der Waals surface area contributed by atoms with E-state index in [0.717, 1.165) is 57.5 Å². The maximum absolute atomic E-state index is 12.9. The molecule has 0 spiro atoms. The second-order valence-corrected chi connectivity index (χ2v) is 8.23. The van der Waals surface area contributed by atoms with Crippen LogP contribution in [0.25, 0.3) is 0 Å². The lowest BCUT2D eigenvalue weighted by molar-refractivity contribution is 0.102. The van der Waals surface area contributed by atoms with Crippen molar-refractivity contribution in [2.45, 2.75) is 38.1 Å². The molecule has 2 aromatic rings. The minimum absolute atomic E-state index is 0.0335. The van der Waals surface area contributed by atoms with Gasteiger partial charge in [0.25, 0.3) is 11.5 Å². The van der Waals surface area contributed by atoms with Gasteiger partial charge in [-0.05, 0) is 44.2 Å². The molecule has 1 aromatic carbocycles. The predicted octanol–water partition coefficient (Wildman–Crippen LogP) is 2.52. The SMILES string of the molecule is CN1CCN(c2ccc(NC(=O)c3c(NC4CCCCC4)nc[nH]c3=O)cc2)CC1. The zero-order valence-corrected chi connectivity index (χ0v) is 17.5. The zero-order chi connectivity index (χ0) is 20.9. The molecule has 0 atom stereocenters. The number of nitrogens with zero attached hydrogens (tertiary/aromatic N) is 3. The van der Waals surface area contributed by atoms with Gasteiger partial charge in [-0.1, -0.05) is 19.3 Å². The molecule has 2 aliphatic rings. The van der Waals surface area contributed by atoms with Crippen molar-refractivity contribution in [1.29, 1.82) is 0 Å². The Morgan fingerprint density at radius 1 is 1.07 bits per heavy atom. The highest BCUT2D eigenvalue weighted by Gasteiger charge is 2.21. The third kappa shape index (κ3) is 4.81. The Morgan fingerprint density at radius 2 is 1.77 bits per heavy atom. The van der Waals surface area contributed by atoms with Crippen molar-refractivity contribution in [2.24, 2.45) is 0 Å². The molecular weight excluding hydrogens is 380 g/mol. The molecule has 1 saturated carbocycles. The first-order valence-electron chi connectivity index (χ1n) is 10.8. The van der Waals surface area contributed by atoms with Crippen molar-refractivity contribution >= 4 is 23.1 Å². The molecule has 1 aliphatic carbocycles. The molecule has 8 heteroatoms. The molecule has 0 radical (unpaired) electrons. The standard InChI is InChI=1S/C22H30N6O2/c1-27-11-13-28(14-12-27)18-9-7-17(8-10-18)26-22(30)19-20(23-15-24-21(19)29)25-16-5-3-2-4-6-16/h7-10,15-16H,2-6,11-14H2,1H3,(H,26,30)(H2,23,24,25,29). The molecule has 0 bridgehead atoms. The van der Waals surface area contributed by atoms with E-state index < -0.39 is 11.5 Å². The van der Waals surface area contributed by atoms with Gasteiger partial charge in [-0.25, -0.2) is 4.98 Å². The molecule has 30 heavy (non-hydrogen) atoms. The Labute approximate surface area is 176 Å². The Kier molecular flexibility index (Phi) is 6.32. The Hall–Kier alpha value is -2.87. The fourth-order valence-corrected chi connectivity index (χ4v) is 4.17. The monoisotopic (exact) mass is 410 g/mol. The number of aromatic amines is 1. The van der Waals surface area contributed by atoms with E-state index in [4.69, 9.17) is 0 Å². The van der Waals surface area contributed by atoms with Gasteiger partial charge in [0.1, 0.15) is 11.4 Å². The second kappa shape index (κ2) is 9.30. The van der Waals surface area contributed by atoms with Gasteiger partial charge >= 0.3 is 0 Å². The predicted molar refractivity (Wildman–Crippen MR) is 119 cm³/mol. The van der Waals surface area contributed by atoms with Crippen molar-refractivity contribution in [3.8, 4) is 0 Å². The summed E-state index contributed by atoms with van der Waals surface area (Å²) in [4.78, 5) is 36.7. The van der Waals surface area contributed by atoms with E-state index in [1.807, 2.05) is 24.3 Å². The van der Waals surface area contributed by atoms with Crippen LogP contribution in [0.4, 0.5) is 17.2 Å². The lowest BCUT2D eigenvalue weighted by atomic mass is 9.95. The summed E-state index contributed by atoms with van der Waals surface area (Å²) in [6, 6.07) is 8.03. The van der Waals surface area contributed by atoms with Crippen molar-refractivity contribution in [1.82, 2.24) is 14.9 Å². The molecule has 4 rings (SSSR count). The average Bonchev–Trinajstić information content (AvgIpc) is 2.76. The van der Waals surface area contributed by atoms with Gasteiger partial charge in [-0.15, -0.1) is 0 Å². The lowest BCUT2D eigenvalue weighted by Crippen LogP contribution is -2.44. The molecule has 0 unspecified atom stereocenters. The number of carbonyl (C=O) groups is 1. The fraction of sp³-hybridized carbons (Fsp3) is 0.500. The lowest BCUT2D eigenvalue weighted by Gasteiger charge is -2.34. The highest BCUT2D eigenvalue weighted by molar-refractivity contribution is 6.07. The van der Waals surface area contributed by atoms with Crippen LogP contribution in [0, 0.1) is 0 Å². The van der Waals surface area contributed by atoms with Crippen LogP contribution in [0.3, 0.4) is 0 Å². The van der Waals surface area contributed by atoms with Crippen LogP contribution in [-0.4, -0.2) is 60.0 Å². The molecule has 160 valence electrons. The topological polar surface area (TPSA) is 93.4 Å². The van der Waals surface area contributed by atoms with Gasteiger partial charge in [0.15, 0.2) is 0 Å². The molecule has 1 aliphatic heterocycles. The highest BCUT2D eigenvalue weighted by Crippen LogP contribution is 2.23. The normalized spacial score (nSPS) is 18.2. The first-order valence-corrected chi connectivity index (χ1v) is 10.8. The average molecular weight is 411 g/mol. The van der Waals surface area contributed by atoms with E-state index >= 15 is 0 Å². The van der Waals surface area contributed by atoms with Gasteiger partial charge < -0.3 is 25.4 Å². The van der Waals surface area contributed by atoms with E-state index in [-0.39, 0.29) is 11.6 Å². The summed E-state index contributed by atoms with van der Waals surface area (Å²) >= 11 is 0. The van der Waals surface area contributed by atoms with E-state index in [1.54, 1.807) is 0 Å². The summed E-state index contributed by atoms with van der Waals surface area (Å²) in [6.07, 6.45) is 6.95. The number of nitrogens with one attached hydrogen (secondary N) is 3. The number of likely N-dealkylation sites (N-methyl/N-ethyl adjacent to an activating group) is 1. The van der Waals surface area contributed by atoms with E-state index in [0.29, 0.717) is 11.5 Å². The molecule has 2 heterocycles. The smallest absolute Gasteiger partial charge is 0.265 e. The van der Waals surface area contributed by atoms with Crippen LogP contribution in [0.5, 0.6) is 0 Å². The molecule has 1 saturated heterocycles. The zero-order valence-electron chi connectivity index (χ0n) is 17.5. The Bertz CT molecular complexity index is 912. The van der Waals surface area contributed by atoms with Crippen molar-refractivity contribution in [3.63, 3.8) is 0 Å². The number of H-pyrrole nitrogens is 1. The van der Waals surface area contributed by atoms with Gasteiger partial charge in [0.05, 0.1) is 6.33 Å². The molecular formula is C22H30N6O2. The van der Waals surface area contributed by atoms with Gasteiger partial charge in [0, 0.05) is 43.6 Å². The number of benzene rings is 1. The van der Waals surface area contributed by atoms with Crippen molar-refractivity contribution in [3.05, 3.63) is 46.5 Å². The number of hydrogen-bond donors (Lipinski definition) is 3. The van der Waals surface area contributed by atoms with Crippen molar-refractivity contribution < 1.29 is 4.79 Å². The first-order chi connectivity index (χ1) is 14.6. The van der Waals surface area contributed by atoms with Crippen molar-refractivity contribution in [2.75, 3.05) is 48.8 Å². The largest absolute Gasteiger partial charge is 0.369 e. The number of carbonyl (C=O) groups excluding carboxylic acids is 1. The maximum Gasteiger partial charge on any atom is 0.265 e. The minimum Gasteiger partial charge on any atom is -0.369 e. The van der Waals surface area contributed by atoms with Crippen LogP contribution in [-0.2, 0) is 0 Å². The summed E-state index contributed by atoms with van der Waals surface area (Å²) in [5.74, 6) is -0.0905. The van der Waals surface area contributed by atoms with Crippen LogP contribution in [0.15, 0.2) is 35.4 Å². The molecule has 2 fully saturated rings. The van der Waals surface area contributed by atoms with Gasteiger partial charge in [-0.2, -0.15) is 0 Å². The number of aromatic nitrogens is 2. The highest BCUT2D eigenvalue weighted by atomic mass is 16.2. The molecule has 1 aromatic heterocycles. The molecule has 1 amide bonds. The molecule has 3 N–H and O–H groups in total. The summed E-state index contributed by atoms with van der Waals surface area (Å²) in [7, 11) is 2.13. The number of amides is 1. The summed E-state index contributed by atoms with van der Waals surface area (Å²) in [5.41, 5.74) is 1.39. The summed E-state index contributed by atoms with van der Waals surface area (Å²) < 4.78 is 0. The van der Waals surface area contributed by atoms with Gasteiger partial charge in [0.2, 0.25) is 0 Å². The number of anilines is 3. The number of hydrogen-bond acceptors (Lipinski definition) is 6. The number of rotatable bonds is 5. The third-order valence-corrected chi connectivity index (χ3v) is 6.02. The molecule has 8 nitrogen and oxygen atoms in total. The summed E-state index contributed by atoms with van der Waals surface area (Å²) in [5, 5.41) is 6.16. The summed E-state index contributed by atoms with van der Waals surface area (Å²) in [6.45, 7) is 4.06. The van der Waals surface area contributed by atoms with Crippen LogP contribution in [0.2, 0.25) is 0 Å². The fourth-order valence-electron chi connectivity index (χ4n) is 4.17. The second-order valence-electron chi connectivity index (χ2n) is 8.23.